The van der Waals surface area contributed by atoms with E-state index in [0.717, 1.165) is 26.5 Å². The number of piperazine rings is 1. The Morgan fingerprint density at radius 3 is 1.86 bits per heavy atom. The van der Waals surface area contributed by atoms with Gasteiger partial charge in [-0.3, -0.25) is 19.8 Å². The second-order valence-electron chi connectivity index (χ2n) is 18.2. The van der Waals surface area contributed by atoms with Crippen LogP contribution in [-0.2, 0) is 36.8 Å². The molecule has 19 nitrogen and oxygen atoms in total. The van der Waals surface area contributed by atoms with Gasteiger partial charge in [0.05, 0.1) is 55.0 Å². The Balaban J connectivity index is 1.54. The summed E-state index contributed by atoms with van der Waals surface area (Å²) < 4.78 is 154. The van der Waals surface area contributed by atoms with Gasteiger partial charge in [0.15, 0.2) is 0 Å². The SMILES string of the molecule is COC(=O)NC(C(=O)N[C@@H](Cc1ccc(C#Cc2cnc(N3CCNC(=O)C3)nc2)cc1)[C@@H](O)CN(Cc1c(F)cc(-c2ccn(C(F)F)n2)cc1F)NC(=O)[C@@H](NC(=O)OC)C(C)(C)C(F)(F)F)C(C)(C)C(F)(F)F. The van der Waals surface area contributed by atoms with Crippen molar-refractivity contribution in [2.45, 2.75) is 83.8 Å². The summed E-state index contributed by atoms with van der Waals surface area (Å²) in [5.41, 5.74) is -4.84. The molecule has 5 rings (SSSR count). The van der Waals surface area contributed by atoms with Crippen LogP contribution in [0.4, 0.5) is 59.4 Å². The van der Waals surface area contributed by atoms with Gasteiger partial charge in [0.2, 0.25) is 17.8 Å². The lowest BCUT2D eigenvalue weighted by molar-refractivity contribution is -0.221. The normalized spacial score (nSPS) is 14.9. The van der Waals surface area contributed by atoms with E-state index in [-0.39, 0.29) is 34.0 Å². The summed E-state index contributed by atoms with van der Waals surface area (Å²) in [6.07, 6.45) is -12.5. The van der Waals surface area contributed by atoms with Crippen LogP contribution in [0.5, 0.6) is 0 Å². The molecule has 0 spiro atoms. The number of aliphatic hydroxyl groups is 1. The number of hydrazine groups is 1. The first-order valence-corrected chi connectivity index (χ1v) is 22.6. The maximum Gasteiger partial charge on any atom is 0.407 e. The summed E-state index contributed by atoms with van der Waals surface area (Å²) in [5, 5.41) is 24.6. The van der Waals surface area contributed by atoms with Gasteiger partial charge in [-0.2, -0.15) is 40.2 Å². The van der Waals surface area contributed by atoms with Crippen LogP contribution in [0.15, 0.2) is 61.1 Å². The quantitative estimate of drug-likeness (QED) is 0.0443. The molecule has 1 saturated heterocycles. The number of benzene rings is 2. The van der Waals surface area contributed by atoms with E-state index in [1.165, 1.54) is 36.7 Å². The van der Waals surface area contributed by atoms with Crippen LogP contribution in [0.3, 0.4) is 0 Å². The van der Waals surface area contributed by atoms with Gasteiger partial charge in [-0.25, -0.2) is 38.0 Å². The zero-order chi connectivity index (χ0) is 56.5. The van der Waals surface area contributed by atoms with E-state index in [1.807, 2.05) is 10.7 Å². The first kappa shape index (κ1) is 59.1. The Morgan fingerprint density at radius 2 is 1.36 bits per heavy atom. The lowest BCUT2D eigenvalue weighted by atomic mass is 9.82. The standard InChI is InChI=1S/C47H51F10N11O8/c1-44(2,46(52,53)54)36(62-42(73)75-5)38(71)61-33(17-26-10-7-25(8-11-26)9-12-27-20-59-41(60-21-27)66-16-14-58-35(70)24-66)34(69)23-67(65-39(72)37(63-43(74)76-6)45(3,4)47(55,56)57)22-29-30(48)18-28(19-31(29)49)32-13-15-68(64-32)40(50)51/h7-8,10-11,13,15,18-21,33-34,36-37,40,69H,14,16-17,22-24H2,1-6H3,(H,58,70)(H,61,71)(H,62,73)(H,63,74)(H,65,72)/t33-,34-,36?,37+/m0/s1. The van der Waals surface area contributed by atoms with Crippen LogP contribution in [0, 0.1) is 34.3 Å². The molecular formula is C47H51F10N11O8. The van der Waals surface area contributed by atoms with Crippen molar-refractivity contribution in [1.29, 1.82) is 0 Å². The van der Waals surface area contributed by atoms with Gasteiger partial charge in [0.1, 0.15) is 23.7 Å². The molecular weight excluding hydrogens is 1040 g/mol. The van der Waals surface area contributed by atoms with Crippen molar-refractivity contribution in [3.05, 3.63) is 94.9 Å². The molecule has 0 aliphatic carbocycles. The van der Waals surface area contributed by atoms with Crippen molar-refractivity contribution >= 4 is 35.9 Å². The minimum Gasteiger partial charge on any atom is -0.453 e. The van der Waals surface area contributed by atoms with Crippen LogP contribution >= 0.6 is 0 Å². The molecule has 4 aromatic rings. The molecule has 3 heterocycles. The molecule has 1 fully saturated rings. The lowest BCUT2D eigenvalue weighted by Crippen LogP contribution is -2.63. The Hall–Kier alpha value is -7.74. The van der Waals surface area contributed by atoms with Crippen LogP contribution < -0.4 is 31.6 Å². The molecule has 1 aliphatic rings. The highest BCUT2D eigenvalue weighted by atomic mass is 19.4. The van der Waals surface area contributed by atoms with Crippen molar-refractivity contribution in [3.8, 4) is 23.1 Å². The highest BCUT2D eigenvalue weighted by Crippen LogP contribution is 2.42. The summed E-state index contributed by atoms with van der Waals surface area (Å²) in [6, 6.07) is 1.25. The Kier molecular flexibility index (Phi) is 18.9. The van der Waals surface area contributed by atoms with Crippen LogP contribution in [0.1, 0.15) is 56.5 Å². The maximum atomic E-state index is 16.0. The topological polar surface area (TPSA) is 234 Å². The fraction of sp³-hybridized carbons (Fsp3) is 0.447. The number of aromatic nitrogens is 4. The zero-order valence-electron chi connectivity index (χ0n) is 41.2. The molecule has 0 bridgehead atoms. The van der Waals surface area contributed by atoms with E-state index in [1.54, 1.807) is 10.2 Å². The number of ether oxygens (including phenoxy) is 2. The summed E-state index contributed by atoms with van der Waals surface area (Å²) in [4.78, 5) is 74.6. The third-order valence-electron chi connectivity index (χ3n) is 12.1. The molecule has 5 amide bonds. The third-order valence-corrected chi connectivity index (χ3v) is 12.1. The molecule has 1 aliphatic heterocycles. The summed E-state index contributed by atoms with van der Waals surface area (Å²) in [6.45, 7) is -2.30. The van der Waals surface area contributed by atoms with Crippen molar-refractivity contribution in [2.75, 3.05) is 45.3 Å². The second kappa shape index (κ2) is 24.3. The van der Waals surface area contributed by atoms with Gasteiger partial charge < -0.3 is 40.7 Å². The summed E-state index contributed by atoms with van der Waals surface area (Å²) in [5.74, 6) is -0.314. The third kappa shape index (κ3) is 14.8. The van der Waals surface area contributed by atoms with Crippen molar-refractivity contribution < 1.29 is 82.5 Å². The molecule has 0 saturated carbocycles. The second-order valence-corrected chi connectivity index (χ2v) is 18.2. The number of alkyl carbamates (subject to hydrolysis) is 2. The number of nitrogens with one attached hydrogen (secondary N) is 5. The average Bonchev–Trinajstić information content (AvgIpc) is 3.86. The molecule has 4 atom stereocenters. The number of carbonyl (C=O) groups excluding carboxylic acids is 5. The largest absolute Gasteiger partial charge is 0.453 e. The summed E-state index contributed by atoms with van der Waals surface area (Å²) >= 11 is 0. The van der Waals surface area contributed by atoms with Gasteiger partial charge in [0.25, 0.3) is 5.91 Å². The number of carbonyl (C=O) groups is 5. The first-order chi connectivity index (χ1) is 35.4. The van der Waals surface area contributed by atoms with E-state index < -0.39 is 115 Å². The van der Waals surface area contributed by atoms with Gasteiger partial charge in [-0.05, 0) is 70.0 Å². The highest BCUT2D eigenvalue weighted by Gasteiger charge is 2.57. The minimum absolute atomic E-state index is 0.0595. The summed E-state index contributed by atoms with van der Waals surface area (Å²) in [7, 11) is 1.57. The fourth-order valence-electron chi connectivity index (χ4n) is 7.28. The van der Waals surface area contributed by atoms with E-state index in [9.17, 15) is 64.2 Å². The number of amides is 5. The van der Waals surface area contributed by atoms with Gasteiger partial charge in [-0.15, -0.1) is 0 Å². The zero-order valence-corrected chi connectivity index (χ0v) is 41.2. The molecule has 1 unspecified atom stereocenters. The molecule has 6 N–H and O–H groups in total. The average molecular weight is 1090 g/mol. The van der Waals surface area contributed by atoms with E-state index >= 15 is 8.78 Å². The number of hydrogen-bond donors (Lipinski definition) is 6. The number of alkyl halides is 8. The molecule has 76 heavy (non-hydrogen) atoms. The van der Waals surface area contributed by atoms with Crippen molar-refractivity contribution in [2.24, 2.45) is 10.8 Å². The molecule has 2 aromatic heterocycles. The van der Waals surface area contributed by atoms with Crippen LogP contribution in [-0.4, -0.2) is 137 Å². The van der Waals surface area contributed by atoms with Crippen LogP contribution in [0.2, 0.25) is 0 Å². The number of methoxy groups -OCH3 is 2. The first-order valence-electron chi connectivity index (χ1n) is 22.6. The predicted octanol–water partition coefficient (Wildman–Crippen LogP) is 4.90. The van der Waals surface area contributed by atoms with E-state index in [0.29, 0.717) is 75.0 Å². The van der Waals surface area contributed by atoms with Crippen molar-refractivity contribution in [3.63, 3.8) is 0 Å². The number of halogens is 10. The van der Waals surface area contributed by atoms with E-state index in [2.05, 4.69) is 47.0 Å². The number of rotatable bonds is 18. The number of nitrogens with zero attached hydrogens (tertiary/aromatic N) is 6. The number of hydrogen-bond acceptors (Lipinski definition) is 13. The van der Waals surface area contributed by atoms with Crippen LogP contribution in [0.25, 0.3) is 11.3 Å². The van der Waals surface area contributed by atoms with Gasteiger partial charge in [-0.1, -0.05) is 24.0 Å². The Bertz CT molecular complexity index is 2760. The molecule has 2 aromatic carbocycles. The Morgan fingerprint density at radius 1 is 0.816 bits per heavy atom. The molecule has 0 radical (unpaired) electrons. The minimum atomic E-state index is -5.24. The fourth-order valence-corrected chi connectivity index (χ4v) is 7.28. The number of aliphatic hydroxyl groups excluding tert-OH is 1. The number of anilines is 1. The Labute approximate surface area is 427 Å². The smallest absolute Gasteiger partial charge is 0.407 e. The molecule has 29 heteroatoms. The maximum absolute atomic E-state index is 16.0. The molecule has 412 valence electrons. The van der Waals surface area contributed by atoms with Crippen molar-refractivity contribution in [1.82, 2.24) is 51.5 Å². The van der Waals surface area contributed by atoms with Gasteiger partial charge in [0, 0.05) is 61.5 Å². The van der Waals surface area contributed by atoms with E-state index in [4.69, 9.17) is 0 Å². The lowest BCUT2D eigenvalue weighted by Gasteiger charge is -2.38. The predicted molar refractivity (Wildman–Crippen MR) is 247 cm³/mol. The van der Waals surface area contributed by atoms with Gasteiger partial charge >= 0.3 is 31.1 Å². The highest BCUT2D eigenvalue weighted by molar-refractivity contribution is 5.87. The monoisotopic (exact) mass is 1090 g/mol.